The smallest absolute Gasteiger partial charge is 0.277 e. The van der Waals surface area contributed by atoms with Crippen LogP contribution in [0.4, 0.5) is 0 Å². The van der Waals surface area contributed by atoms with Crippen LogP contribution in [0.5, 0.6) is 11.5 Å². The van der Waals surface area contributed by atoms with Crippen molar-refractivity contribution in [1.82, 2.24) is 5.43 Å². The zero-order chi connectivity index (χ0) is 14.7. The Labute approximate surface area is 123 Å². The van der Waals surface area contributed by atoms with Gasteiger partial charge in [0.05, 0.1) is 7.11 Å². The lowest BCUT2D eigenvalue weighted by atomic mass is 9.74. The fourth-order valence-corrected chi connectivity index (χ4v) is 2.65. The zero-order valence-electron chi connectivity index (χ0n) is 11.9. The first-order chi connectivity index (χ1) is 10.3. The van der Waals surface area contributed by atoms with E-state index in [0.29, 0.717) is 17.6 Å². The Balaban J connectivity index is 1.43. The number of hydrazone groups is 1. The molecule has 2 atom stereocenters. The summed E-state index contributed by atoms with van der Waals surface area (Å²) in [5.41, 5.74) is 3.65. The van der Waals surface area contributed by atoms with Crippen molar-refractivity contribution in [3.63, 3.8) is 0 Å². The molecule has 0 aromatic heterocycles. The van der Waals surface area contributed by atoms with Crippen LogP contribution in [-0.2, 0) is 4.79 Å². The van der Waals surface area contributed by atoms with Gasteiger partial charge in [0.2, 0.25) is 0 Å². The Morgan fingerprint density at radius 2 is 2.10 bits per heavy atom. The van der Waals surface area contributed by atoms with E-state index in [4.69, 9.17) is 9.47 Å². The summed E-state index contributed by atoms with van der Waals surface area (Å²) in [6.45, 7) is -0.0462. The van der Waals surface area contributed by atoms with Crippen molar-refractivity contribution in [2.45, 2.75) is 12.8 Å². The minimum atomic E-state index is -0.243. The highest BCUT2D eigenvalue weighted by Gasteiger charge is 2.37. The third-order valence-electron chi connectivity index (χ3n) is 3.92. The lowest BCUT2D eigenvalue weighted by molar-refractivity contribution is -0.123. The van der Waals surface area contributed by atoms with Gasteiger partial charge >= 0.3 is 0 Å². The van der Waals surface area contributed by atoms with Crippen LogP contribution in [-0.4, -0.2) is 25.3 Å². The van der Waals surface area contributed by atoms with Crippen LogP contribution >= 0.6 is 0 Å². The number of nitrogens with zero attached hydrogens (tertiary/aromatic N) is 1. The van der Waals surface area contributed by atoms with E-state index in [1.807, 2.05) is 0 Å². The maximum absolute atomic E-state index is 11.7. The van der Waals surface area contributed by atoms with Gasteiger partial charge < -0.3 is 9.47 Å². The zero-order valence-corrected chi connectivity index (χ0v) is 11.9. The van der Waals surface area contributed by atoms with Crippen molar-refractivity contribution in [2.75, 3.05) is 13.7 Å². The van der Waals surface area contributed by atoms with Crippen molar-refractivity contribution in [2.24, 2.45) is 16.9 Å². The Morgan fingerprint density at radius 3 is 2.81 bits per heavy atom. The summed E-state index contributed by atoms with van der Waals surface area (Å²) in [5, 5.41) is 4.19. The molecule has 1 saturated carbocycles. The van der Waals surface area contributed by atoms with Gasteiger partial charge in [-0.1, -0.05) is 12.2 Å². The summed E-state index contributed by atoms with van der Waals surface area (Å²) >= 11 is 0. The first-order valence-corrected chi connectivity index (χ1v) is 7.05. The monoisotopic (exact) mass is 286 g/mol. The second-order valence-corrected chi connectivity index (χ2v) is 5.24. The highest BCUT2D eigenvalue weighted by Crippen LogP contribution is 2.39. The van der Waals surface area contributed by atoms with E-state index >= 15 is 0 Å². The molecule has 1 N–H and O–H groups in total. The largest absolute Gasteiger partial charge is 0.497 e. The minimum absolute atomic E-state index is 0.0462. The molecule has 0 aliphatic heterocycles. The fraction of sp³-hybridized carbons (Fsp3) is 0.375. The molecule has 1 aromatic rings. The quantitative estimate of drug-likeness (QED) is 0.666. The maximum atomic E-state index is 11.7. The SMILES string of the molecule is COc1ccc(OCC(=O)N/N=C2\CC3C=CCC23)cc1. The number of amides is 1. The Hall–Kier alpha value is -2.30. The lowest BCUT2D eigenvalue weighted by Gasteiger charge is -2.31. The number of hydrogen-bond donors (Lipinski definition) is 1. The van der Waals surface area contributed by atoms with Crippen LogP contribution in [0.1, 0.15) is 12.8 Å². The van der Waals surface area contributed by atoms with Gasteiger partial charge in [0.25, 0.3) is 5.91 Å². The van der Waals surface area contributed by atoms with Crippen molar-refractivity contribution >= 4 is 11.6 Å². The molecule has 0 saturated heterocycles. The molecule has 3 rings (SSSR count). The van der Waals surface area contributed by atoms with Crippen molar-refractivity contribution in [3.8, 4) is 11.5 Å². The molecule has 21 heavy (non-hydrogen) atoms. The lowest BCUT2D eigenvalue weighted by Crippen LogP contribution is -2.36. The Kier molecular flexibility index (Phi) is 3.90. The molecule has 5 heteroatoms. The second-order valence-electron chi connectivity index (χ2n) is 5.24. The summed E-state index contributed by atoms with van der Waals surface area (Å²) in [7, 11) is 1.60. The fourth-order valence-electron chi connectivity index (χ4n) is 2.65. The van der Waals surface area contributed by atoms with Gasteiger partial charge in [-0.05, 0) is 43.0 Å². The van der Waals surface area contributed by atoms with Gasteiger partial charge in [0, 0.05) is 11.6 Å². The number of methoxy groups -OCH3 is 1. The van der Waals surface area contributed by atoms with Gasteiger partial charge in [-0.25, -0.2) is 5.43 Å². The molecule has 0 bridgehead atoms. The van der Waals surface area contributed by atoms with Gasteiger partial charge in [0.1, 0.15) is 11.5 Å². The molecule has 0 heterocycles. The third kappa shape index (κ3) is 3.07. The van der Waals surface area contributed by atoms with Crippen LogP contribution in [0, 0.1) is 11.8 Å². The summed E-state index contributed by atoms with van der Waals surface area (Å²) in [5.74, 6) is 2.28. The number of carbonyl (C=O) groups is 1. The second kappa shape index (κ2) is 5.99. The molecule has 1 aromatic carbocycles. The third-order valence-corrected chi connectivity index (χ3v) is 3.92. The number of hydrogen-bond acceptors (Lipinski definition) is 4. The van der Waals surface area contributed by atoms with Gasteiger partial charge in [-0.2, -0.15) is 5.10 Å². The minimum Gasteiger partial charge on any atom is -0.497 e. The summed E-state index contributed by atoms with van der Waals surface area (Å²) < 4.78 is 10.4. The van der Waals surface area contributed by atoms with E-state index in [1.165, 1.54) is 0 Å². The van der Waals surface area contributed by atoms with Crippen molar-refractivity contribution in [3.05, 3.63) is 36.4 Å². The molecule has 2 aliphatic rings. The van der Waals surface area contributed by atoms with E-state index in [1.54, 1.807) is 31.4 Å². The highest BCUT2D eigenvalue weighted by atomic mass is 16.5. The van der Waals surface area contributed by atoms with Crippen molar-refractivity contribution < 1.29 is 14.3 Å². The van der Waals surface area contributed by atoms with Crippen LogP contribution in [0.2, 0.25) is 0 Å². The van der Waals surface area contributed by atoms with Crippen LogP contribution in [0.25, 0.3) is 0 Å². The first-order valence-electron chi connectivity index (χ1n) is 7.05. The average molecular weight is 286 g/mol. The van der Waals surface area contributed by atoms with Crippen LogP contribution in [0.15, 0.2) is 41.5 Å². The Bertz CT molecular complexity index is 578. The van der Waals surface area contributed by atoms with Crippen molar-refractivity contribution in [1.29, 1.82) is 0 Å². The molecule has 0 spiro atoms. The maximum Gasteiger partial charge on any atom is 0.277 e. The standard InChI is InChI=1S/C16H18N2O3/c1-20-12-5-7-13(8-6-12)21-10-16(19)18-17-15-9-11-3-2-4-14(11)15/h2-3,5-8,11,14H,4,9-10H2,1H3,(H,18,19)/b17-15+. The summed E-state index contributed by atoms with van der Waals surface area (Å²) in [6.07, 6.45) is 6.42. The van der Waals surface area contributed by atoms with Gasteiger partial charge in [0.15, 0.2) is 6.61 Å². The number of allylic oxidation sites excluding steroid dienone is 2. The molecular weight excluding hydrogens is 268 g/mol. The predicted octanol–water partition coefficient (Wildman–Crippen LogP) is 2.14. The van der Waals surface area contributed by atoms with E-state index in [-0.39, 0.29) is 12.5 Å². The predicted molar refractivity (Wildman–Crippen MR) is 79.4 cm³/mol. The number of nitrogens with one attached hydrogen (secondary N) is 1. The van der Waals surface area contributed by atoms with E-state index in [9.17, 15) is 4.79 Å². The first kappa shape index (κ1) is 13.7. The van der Waals surface area contributed by atoms with Gasteiger partial charge in [-0.15, -0.1) is 0 Å². The molecule has 0 radical (unpaired) electrons. The molecule has 1 fully saturated rings. The van der Waals surface area contributed by atoms with Crippen LogP contribution < -0.4 is 14.9 Å². The molecule has 2 aliphatic carbocycles. The molecular formula is C16H18N2O3. The number of carbonyl (C=O) groups excluding carboxylic acids is 1. The molecule has 2 unspecified atom stereocenters. The van der Waals surface area contributed by atoms with E-state index < -0.39 is 0 Å². The van der Waals surface area contributed by atoms with Gasteiger partial charge in [-0.3, -0.25) is 4.79 Å². The average Bonchev–Trinajstić information content (AvgIpc) is 2.87. The number of rotatable bonds is 5. The molecule has 5 nitrogen and oxygen atoms in total. The summed E-state index contributed by atoms with van der Waals surface area (Å²) in [4.78, 5) is 11.7. The van der Waals surface area contributed by atoms with E-state index in [2.05, 4.69) is 22.7 Å². The number of ether oxygens (including phenoxy) is 2. The Morgan fingerprint density at radius 1 is 1.33 bits per heavy atom. The number of fused-ring (bicyclic) bond motifs is 1. The normalized spacial score (nSPS) is 24.3. The van der Waals surface area contributed by atoms with E-state index in [0.717, 1.165) is 24.3 Å². The molecule has 110 valence electrons. The van der Waals surface area contributed by atoms with Crippen LogP contribution in [0.3, 0.4) is 0 Å². The molecule has 1 amide bonds. The summed E-state index contributed by atoms with van der Waals surface area (Å²) in [6, 6.07) is 7.10. The topological polar surface area (TPSA) is 59.9 Å². The highest BCUT2D eigenvalue weighted by molar-refractivity contribution is 5.94. The number of benzene rings is 1.